The topological polar surface area (TPSA) is 29.1 Å². The molecule has 1 saturated carbocycles. The molecule has 0 bridgehead atoms. The standard InChI is InChI=1S/C22H27NO/c1-22(2,3)23-20-14-17(15-21(20)24)13-16-9-11-19(12-10-16)18-7-5-4-6-8-18/h4-12,17,20,23H,13-15H2,1-3H3/t17-,20+/m1/s1. The van der Waals surface area contributed by atoms with Gasteiger partial charge in [-0.2, -0.15) is 0 Å². The number of ketones is 1. The largest absolute Gasteiger partial charge is 0.303 e. The Hall–Kier alpha value is -1.93. The van der Waals surface area contributed by atoms with Crippen LogP contribution in [0.3, 0.4) is 0 Å². The third-order valence-corrected chi connectivity index (χ3v) is 4.64. The second-order valence-corrected chi connectivity index (χ2v) is 7.99. The van der Waals surface area contributed by atoms with Crippen molar-refractivity contribution in [2.75, 3.05) is 0 Å². The van der Waals surface area contributed by atoms with Crippen LogP contribution in [0.2, 0.25) is 0 Å². The zero-order chi connectivity index (χ0) is 17.2. The number of carbonyl (C=O) groups is 1. The summed E-state index contributed by atoms with van der Waals surface area (Å²) in [5.41, 5.74) is 3.81. The number of nitrogens with one attached hydrogen (secondary N) is 1. The van der Waals surface area contributed by atoms with E-state index in [0.717, 1.165) is 12.8 Å². The third kappa shape index (κ3) is 4.33. The molecule has 2 heteroatoms. The highest BCUT2D eigenvalue weighted by atomic mass is 16.1. The van der Waals surface area contributed by atoms with Gasteiger partial charge >= 0.3 is 0 Å². The molecule has 1 N–H and O–H groups in total. The highest BCUT2D eigenvalue weighted by molar-refractivity contribution is 5.86. The minimum absolute atomic E-state index is 0.00739. The van der Waals surface area contributed by atoms with Gasteiger partial charge in [-0.15, -0.1) is 0 Å². The Labute approximate surface area is 145 Å². The van der Waals surface area contributed by atoms with Crippen LogP contribution in [0.4, 0.5) is 0 Å². The lowest BCUT2D eigenvalue weighted by atomic mass is 9.95. The minimum atomic E-state index is -0.00739. The highest BCUT2D eigenvalue weighted by Crippen LogP contribution is 2.28. The van der Waals surface area contributed by atoms with Crippen molar-refractivity contribution in [1.82, 2.24) is 5.32 Å². The molecule has 1 fully saturated rings. The molecule has 1 aliphatic rings. The van der Waals surface area contributed by atoms with E-state index in [1.807, 2.05) is 6.07 Å². The SMILES string of the molecule is CC(C)(C)N[C@H]1C[C@@H](Cc2ccc(-c3ccccc3)cc2)CC1=O. The van der Waals surface area contributed by atoms with Crippen LogP contribution in [-0.2, 0) is 11.2 Å². The lowest BCUT2D eigenvalue weighted by Crippen LogP contribution is -2.45. The molecule has 0 radical (unpaired) electrons. The van der Waals surface area contributed by atoms with E-state index in [2.05, 4.69) is 74.6 Å². The van der Waals surface area contributed by atoms with Crippen LogP contribution in [-0.4, -0.2) is 17.4 Å². The van der Waals surface area contributed by atoms with E-state index in [0.29, 0.717) is 18.1 Å². The number of rotatable bonds is 4. The highest BCUT2D eigenvalue weighted by Gasteiger charge is 2.34. The van der Waals surface area contributed by atoms with E-state index in [4.69, 9.17) is 0 Å². The molecular weight excluding hydrogens is 294 g/mol. The molecule has 0 saturated heterocycles. The minimum Gasteiger partial charge on any atom is -0.303 e. The fraction of sp³-hybridized carbons (Fsp3) is 0.409. The number of hydrogen-bond acceptors (Lipinski definition) is 2. The van der Waals surface area contributed by atoms with Gasteiger partial charge in [-0.25, -0.2) is 0 Å². The van der Waals surface area contributed by atoms with Gasteiger partial charge in [0.1, 0.15) is 5.78 Å². The van der Waals surface area contributed by atoms with Crippen molar-refractivity contribution in [3.63, 3.8) is 0 Å². The lowest BCUT2D eigenvalue weighted by molar-refractivity contribution is -0.119. The predicted octanol–water partition coefficient (Wildman–Crippen LogP) is 4.63. The summed E-state index contributed by atoms with van der Waals surface area (Å²) in [5.74, 6) is 0.829. The first-order valence-corrected chi connectivity index (χ1v) is 8.85. The van der Waals surface area contributed by atoms with Gasteiger partial charge < -0.3 is 5.32 Å². The average molecular weight is 321 g/mol. The normalized spacial score (nSPS) is 21.2. The quantitative estimate of drug-likeness (QED) is 0.889. The second kappa shape index (κ2) is 6.90. The molecule has 2 aromatic rings. The lowest BCUT2D eigenvalue weighted by Gasteiger charge is -2.25. The van der Waals surface area contributed by atoms with Crippen LogP contribution in [0, 0.1) is 5.92 Å². The Morgan fingerprint density at radius 2 is 1.58 bits per heavy atom. The van der Waals surface area contributed by atoms with Gasteiger partial charge in [0.15, 0.2) is 0 Å². The monoisotopic (exact) mass is 321 g/mol. The van der Waals surface area contributed by atoms with E-state index in [9.17, 15) is 4.79 Å². The van der Waals surface area contributed by atoms with Gasteiger partial charge in [0.2, 0.25) is 0 Å². The summed E-state index contributed by atoms with van der Waals surface area (Å²) >= 11 is 0. The van der Waals surface area contributed by atoms with Gasteiger partial charge in [-0.1, -0.05) is 54.6 Å². The van der Waals surface area contributed by atoms with Gasteiger partial charge in [-0.05, 0) is 56.2 Å². The molecule has 0 spiro atoms. The molecular formula is C22H27NO. The first kappa shape index (κ1) is 16.9. The summed E-state index contributed by atoms with van der Waals surface area (Å²) in [7, 11) is 0. The summed E-state index contributed by atoms with van der Waals surface area (Å²) in [6, 6.07) is 19.2. The summed E-state index contributed by atoms with van der Waals surface area (Å²) in [5, 5.41) is 3.46. The van der Waals surface area contributed by atoms with E-state index in [1.165, 1.54) is 16.7 Å². The van der Waals surface area contributed by atoms with E-state index in [-0.39, 0.29) is 11.6 Å². The molecule has 1 aliphatic carbocycles. The molecule has 126 valence electrons. The van der Waals surface area contributed by atoms with Gasteiger partial charge in [0.25, 0.3) is 0 Å². The van der Waals surface area contributed by atoms with Crippen molar-refractivity contribution in [1.29, 1.82) is 0 Å². The number of Topliss-reactive ketones (excluding diaryl/α,β-unsaturated/α-hetero) is 1. The van der Waals surface area contributed by atoms with Crippen molar-refractivity contribution in [3.8, 4) is 11.1 Å². The fourth-order valence-electron chi connectivity index (χ4n) is 3.59. The molecule has 2 aromatic carbocycles. The van der Waals surface area contributed by atoms with Gasteiger partial charge in [0, 0.05) is 12.0 Å². The number of benzene rings is 2. The Bertz CT molecular complexity index is 682. The molecule has 2 atom stereocenters. The van der Waals surface area contributed by atoms with Crippen LogP contribution < -0.4 is 5.32 Å². The second-order valence-electron chi connectivity index (χ2n) is 7.99. The maximum Gasteiger partial charge on any atom is 0.150 e. The maximum absolute atomic E-state index is 12.2. The zero-order valence-corrected chi connectivity index (χ0v) is 14.9. The fourth-order valence-corrected chi connectivity index (χ4v) is 3.59. The Morgan fingerprint density at radius 3 is 2.21 bits per heavy atom. The summed E-state index contributed by atoms with van der Waals surface area (Å²) in [6.07, 6.45) is 2.65. The van der Waals surface area contributed by atoms with Crippen LogP contribution in [0.5, 0.6) is 0 Å². The Balaban J connectivity index is 1.62. The van der Waals surface area contributed by atoms with Gasteiger partial charge in [0.05, 0.1) is 6.04 Å². The molecule has 0 unspecified atom stereocenters. The average Bonchev–Trinajstić information content (AvgIpc) is 2.86. The van der Waals surface area contributed by atoms with Crippen LogP contribution >= 0.6 is 0 Å². The third-order valence-electron chi connectivity index (χ3n) is 4.64. The van der Waals surface area contributed by atoms with E-state index >= 15 is 0 Å². The van der Waals surface area contributed by atoms with Gasteiger partial charge in [-0.3, -0.25) is 4.79 Å². The molecule has 0 amide bonds. The molecule has 24 heavy (non-hydrogen) atoms. The van der Waals surface area contributed by atoms with Crippen LogP contribution in [0.1, 0.15) is 39.2 Å². The molecule has 0 aromatic heterocycles. The first-order chi connectivity index (χ1) is 11.4. The molecule has 3 rings (SSSR count). The van der Waals surface area contributed by atoms with E-state index in [1.54, 1.807) is 0 Å². The first-order valence-electron chi connectivity index (χ1n) is 8.85. The van der Waals surface area contributed by atoms with Crippen LogP contribution in [0.25, 0.3) is 11.1 Å². The van der Waals surface area contributed by atoms with Crippen molar-refractivity contribution in [2.45, 2.75) is 51.6 Å². The van der Waals surface area contributed by atoms with Crippen molar-refractivity contribution < 1.29 is 4.79 Å². The van der Waals surface area contributed by atoms with Crippen molar-refractivity contribution >= 4 is 5.78 Å². The summed E-state index contributed by atoms with van der Waals surface area (Å²) < 4.78 is 0. The number of hydrogen-bond donors (Lipinski definition) is 1. The molecule has 0 heterocycles. The smallest absolute Gasteiger partial charge is 0.150 e. The van der Waals surface area contributed by atoms with Crippen molar-refractivity contribution in [3.05, 3.63) is 60.2 Å². The summed E-state index contributed by atoms with van der Waals surface area (Å²) in [4.78, 5) is 12.2. The van der Waals surface area contributed by atoms with Crippen LogP contribution in [0.15, 0.2) is 54.6 Å². The zero-order valence-electron chi connectivity index (χ0n) is 14.9. The predicted molar refractivity (Wildman–Crippen MR) is 100.0 cm³/mol. The Morgan fingerprint density at radius 1 is 0.958 bits per heavy atom. The van der Waals surface area contributed by atoms with E-state index < -0.39 is 0 Å². The summed E-state index contributed by atoms with van der Waals surface area (Å²) in [6.45, 7) is 6.36. The Kier molecular flexibility index (Phi) is 4.86. The maximum atomic E-state index is 12.2. The molecule has 0 aliphatic heterocycles. The molecule has 2 nitrogen and oxygen atoms in total. The van der Waals surface area contributed by atoms with Crippen molar-refractivity contribution in [2.24, 2.45) is 5.92 Å². The number of carbonyl (C=O) groups excluding carboxylic acids is 1.